The van der Waals surface area contributed by atoms with Gasteiger partial charge in [-0.05, 0) is 13.3 Å². The van der Waals surface area contributed by atoms with Crippen molar-refractivity contribution in [1.82, 2.24) is 5.32 Å². The minimum atomic E-state index is -4.22. The summed E-state index contributed by atoms with van der Waals surface area (Å²) in [5.74, 6) is -0.624. The molecule has 3 nitrogen and oxygen atoms in total. The predicted octanol–water partition coefficient (Wildman–Crippen LogP) is 1.18. The molecular weight excluding hydrogens is 197 g/mol. The van der Waals surface area contributed by atoms with E-state index in [2.05, 4.69) is 5.32 Å². The minimum Gasteiger partial charge on any atom is -0.368 e. The molecular formula is C8H15F3N2O. The number of carbonyl (C=O) groups is 1. The number of hydrogen-bond acceptors (Lipinski definition) is 2. The van der Waals surface area contributed by atoms with Crippen molar-refractivity contribution in [2.24, 2.45) is 5.73 Å². The summed E-state index contributed by atoms with van der Waals surface area (Å²) in [6.07, 6.45) is -4.79. The van der Waals surface area contributed by atoms with Crippen LogP contribution in [0.2, 0.25) is 0 Å². The van der Waals surface area contributed by atoms with Gasteiger partial charge < -0.3 is 11.1 Å². The van der Waals surface area contributed by atoms with Crippen molar-refractivity contribution in [2.45, 2.75) is 44.9 Å². The Hall–Kier alpha value is -0.780. The number of amides is 1. The molecule has 0 bridgehead atoms. The predicted molar refractivity (Wildman–Crippen MR) is 46.5 cm³/mol. The monoisotopic (exact) mass is 212 g/mol. The molecule has 0 spiro atoms. The molecule has 0 aliphatic carbocycles. The maximum atomic E-state index is 11.9. The lowest BCUT2D eigenvalue weighted by molar-refractivity contribution is -0.140. The van der Waals surface area contributed by atoms with E-state index in [0.717, 1.165) is 0 Å². The van der Waals surface area contributed by atoms with Gasteiger partial charge in [0.05, 0.1) is 12.5 Å². The van der Waals surface area contributed by atoms with Crippen LogP contribution in [-0.2, 0) is 4.79 Å². The van der Waals surface area contributed by atoms with Crippen LogP contribution >= 0.6 is 0 Å². The van der Waals surface area contributed by atoms with E-state index in [9.17, 15) is 18.0 Å². The average molecular weight is 212 g/mol. The van der Waals surface area contributed by atoms with E-state index in [1.807, 2.05) is 0 Å². The molecule has 0 aromatic rings. The van der Waals surface area contributed by atoms with E-state index < -0.39 is 30.6 Å². The molecule has 1 amide bonds. The summed E-state index contributed by atoms with van der Waals surface area (Å²) < 4.78 is 35.7. The van der Waals surface area contributed by atoms with Gasteiger partial charge in [0.1, 0.15) is 0 Å². The van der Waals surface area contributed by atoms with Gasteiger partial charge in [-0.2, -0.15) is 13.2 Å². The lowest BCUT2D eigenvalue weighted by Crippen LogP contribution is -2.46. The number of alkyl halides is 3. The van der Waals surface area contributed by atoms with Crippen LogP contribution in [0.1, 0.15) is 26.7 Å². The molecule has 0 aromatic carbocycles. The smallest absolute Gasteiger partial charge is 0.368 e. The Morgan fingerprint density at radius 2 is 2.00 bits per heavy atom. The summed E-state index contributed by atoms with van der Waals surface area (Å²) in [5, 5.41) is 2.53. The molecule has 0 fully saturated rings. The Labute approximate surface area is 80.8 Å². The van der Waals surface area contributed by atoms with Gasteiger partial charge in [0.25, 0.3) is 0 Å². The third-order valence-corrected chi connectivity index (χ3v) is 1.78. The first kappa shape index (κ1) is 13.2. The highest BCUT2D eigenvalue weighted by molar-refractivity contribution is 5.79. The van der Waals surface area contributed by atoms with Crippen LogP contribution in [0.3, 0.4) is 0 Å². The van der Waals surface area contributed by atoms with E-state index in [0.29, 0.717) is 6.42 Å². The van der Waals surface area contributed by atoms with Gasteiger partial charge in [-0.1, -0.05) is 6.92 Å². The second-order valence-electron chi connectivity index (χ2n) is 3.25. The lowest BCUT2D eigenvalue weighted by Gasteiger charge is -2.20. The number of hydrogen-bond donors (Lipinski definition) is 2. The molecule has 2 atom stereocenters. The fourth-order valence-electron chi connectivity index (χ4n) is 1.15. The quantitative estimate of drug-likeness (QED) is 0.719. The number of nitrogens with two attached hydrogens (primary N) is 1. The number of primary amides is 1. The van der Waals surface area contributed by atoms with Gasteiger partial charge in [0, 0.05) is 6.04 Å². The Balaban J connectivity index is 4.03. The van der Waals surface area contributed by atoms with Gasteiger partial charge >= 0.3 is 6.18 Å². The van der Waals surface area contributed by atoms with E-state index in [-0.39, 0.29) is 0 Å². The molecule has 3 N–H and O–H groups in total. The van der Waals surface area contributed by atoms with Crippen molar-refractivity contribution < 1.29 is 18.0 Å². The maximum absolute atomic E-state index is 11.9. The fourth-order valence-corrected chi connectivity index (χ4v) is 1.15. The van der Waals surface area contributed by atoms with Crippen molar-refractivity contribution in [1.29, 1.82) is 0 Å². The normalized spacial score (nSPS) is 16.4. The van der Waals surface area contributed by atoms with Gasteiger partial charge in [0.2, 0.25) is 5.91 Å². The number of halogens is 3. The molecule has 0 saturated heterocycles. The summed E-state index contributed by atoms with van der Waals surface area (Å²) in [4.78, 5) is 10.7. The van der Waals surface area contributed by atoms with Crippen molar-refractivity contribution in [3.8, 4) is 0 Å². The second-order valence-corrected chi connectivity index (χ2v) is 3.25. The Morgan fingerprint density at radius 3 is 2.29 bits per heavy atom. The first-order valence-corrected chi connectivity index (χ1v) is 4.38. The summed E-state index contributed by atoms with van der Waals surface area (Å²) in [5.41, 5.74) is 4.98. The molecule has 0 aliphatic heterocycles. The lowest BCUT2D eigenvalue weighted by atomic mass is 10.1. The molecule has 0 aliphatic rings. The summed E-state index contributed by atoms with van der Waals surface area (Å²) in [7, 11) is 0. The Kier molecular flexibility index (Phi) is 4.90. The second kappa shape index (κ2) is 5.19. The average Bonchev–Trinajstić information content (AvgIpc) is 1.96. The van der Waals surface area contributed by atoms with Crippen LogP contribution in [0.4, 0.5) is 13.2 Å². The first-order valence-electron chi connectivity index (χ1n) is 4.38. The van der Waals surface area contributed by atoms with Crippen molar-refractivity contribution in [3.05, 3.63) is 0 Å². The summed E-state index contributed by atoms with van der Waals surface area (Å²) in [6, 6.07) is -1.49. The maximum Gasteiger partial charge on any atom is 0.390 e. The molecule has 2 unspecified atom stereocenters. The van der Waals surface area contributed by atoms with E-state index in [4.69, 9.17) is 5.73 Å². The SMILES string of the molecule is CCC(NC(C)CC(F)(F)F)C(N)=O. The van der Waals surface area contributed by atoms with Crippen LogP contribution < -0.4 is 11.1 Å². The zero-order valence-corrected chi connectivity index (χ0v) is 8.19. The zero-order valence-electron chi connectivity index (χ0n) is 8.19. The minimum absolute atomic E-state index is 0.386. The van der Waals surface area contributed by atoms with Crippen LogP contribution in [0.5, 0.6) is 0 Å². The number of carbonyl (C=O) groups excluding carboxylic acids is 1. The molecule has 0 rings (SSSR count). The molecule has 0 saturated carbocycles. The van der Waals surface area contributed by atoms with Crippen molar-refractivity contribution >= 4 is 5.91 Å². The summed E-state index contributed by atoms with van der Waals surface area (Å²) >= 11 is 0. The third kappa shape index (κ3) is 5.80. The van der Waals surface area contributed by atoms with E-state index in [1.165, 1.54) is 6.92 Å². The van der Waals surface area contributed by atoms with Crippen LogP contribution in [-0.4, -0.2) is 24.2 Å². The Bertz CT molecular complexity index is 194. The van der Waals surface area contributed by atoms with Crippen LogP contribution in [0, 0.1) is 0 Å². The van der Waals surface area contributed by atoms with Gasteiger partial charge in [-0.15, -0.1) is 0 Å². The molecule has 6 heteroatoms. The van der Waals surface area contributed by atoms with Crippen molar-refractivity contribution in [2.75, 3.05) is 0 Å². The van der Waals surface area contributed by atoms with Crippen molar-refractivity contribution in [3.63, 3.8) is 0 Å². The standard InChI is InChI=1S/C8H15F3N2O/c1-3-6(7(12)14)13-5(2)4-8(9,10)11/h5-6,13H,3-4H2,1-2H3,(H2,12,14). The highest BCUT2D eigenvalue weighted by atomic mass is 19.4. The van der Waals surface area contributed by atoms with Gasteiger partial charge in [-0.3, -0.25) is 4.79 Å². The molecule has 0 heterocycles. The number of rotatable bonds is 5. The van der Waals surface area contributed by atoms with Crippen LogP contribution in [0.25, 0.3) is 0 Å². The highest BCUT2D eigenvalue weighted by Gasteiger charge is 2.31. The molecule has 84 valence electrons. The first-order chi connectivity index (χ1) is 6.26. The number of nitrogens with one attached hydrogen (secondary N) is 1. The van der Waals surface area contributed by atoms with E-state index >= 15 is 0 Å². The third-order valence-electron chi connectivity index (χ3n) is 1.78. The fraction of sp³-hybridized carbons (Fsp3) is 0.875. The summed E-state index contributed by atoms with van der Waals surface area (Å²) in [6.45, 7) is 3.06. The molecule has 0 aromatic heterocycles. The van der Waals surface area contributed by atoms with Gasteiger partial charge in [0.15, 0.2) is 0 Å². The highest BCUT2D eigenvalue weighted by Crippen LogP contribution is 2.21. The van der Waals surface area contributed by atoms with E-state index in [1.54, 1.807) is 6.92 Å². The largest absolute Gasteiger partial charge is 0.390 e. The topological polar surface area (TPSA) is 55.1 Å². The van der Waals surface area contributed by atoms with Crippen LogP contribution in [0.15, 0.2) is 0 Å². The van der Waals surface area contributed by atoms with Gasteiger partial charge in [-0.25, -0.2) is 0 Å². The molecule has 0 radical (unpaired) electrons. The zero-order chi connectivity index (χ0) is 11.4. The molecule has 14 heavy (non-hydrogen) atoms. The Morgan fingerprint density at radius 1 is 1.50 bits per heavy atom.